The molecule has 8 heterocycles. The lowest BCUT2D eigenvalue weighted by atomic mass is 10.0. The fourth-order valence-corrected chi connectivity index (χ4v) is 21.3. The molecule has 8 aromatic carbocycles. The quantitative estimate of drug-likeness (QED) is 0.0191. The van der Waals surface area contributed by atoms with Gasteiger partial charge in [-0.1, -0.05) is 146 Å². The zero-order valence-electron chi connectivity index (χ0n) is 82.1. The summed E-state index contributed by atoms with van der Waals surface area (Å²) in [5.74, 6) is -6.38. The molecule has 8 fully saturated rings. The molecule has 0 radical (unpaired) electrons. The van der Waals surface area contributed by atoms with E-state index in [0.29, 0.717) is 189 Å². The van der Waals surface area contributed by atoms with E-state index in [4.69, 9.17) is 4.74 Å². The predicted octanol–water partition coefficient (Wildman–Crippen LogP) is 8.51. The average Bonchev–Trinajstić information content (AvgIpc) is 1.72. The summed E-state index contributed by atoms with van der Waals surface area (Å²) in [6.45, 7) is 7.29. The number of nitrogens with one attached hydrogen (secondary N) is 9. The second kappa shape index (κ2) is 46.7. The van der Waals surface area contributed by atoms with E-state index in [-0.39, 0.29) is 131 Å². The average molecular weight is 1970 g/mol. The third-order valence-electron chi connectivity index (χ3n) is 28.8. The maximum absolute atomic E-state index is 14.8. The molecular weight excluding hydrogens is 1850 g/mol. The highest BCUT2D eigenvalue weighted by Gasteiger charge is 2.45. The van der Waals surface area contributed by atoms with Crippen LogP contribution in [0.2, 0.25) is 0 Å². The second-order valence-electron chi connectivity index (χ2n) is 39.0. The van der Waals surface area contributed by atoms with Crippen molar-refractivity contribution in [3.8, 4) is 0 Å². The summed E-state index contributed by atoms with van der Waals surface area (Å²) in [5.41, 5.74) is 5.73. The Kier molecular flexibility index (Phi) is 33.0. The standard InChI is InChI=1S/C110H125N17O18/c1-110(2,3)145-109(144)119-68-76-36-12-20-44-84(76)108(143)127-60-28-52-92(127)100(135)118-67-75-35-11-19-43-83(75)107(142)126-59-27-51-91(126)99(134)117-66-74-34-10-18-42-82(74)106(141)125-58-26-50-90(125)98(133)116-65-73-33-9-17-41-81(73)105(140)124-57-25-49-89(124)97(132)115-64-72-32-8-16-40-80(72)104(139)123-56-24-48-88(123)96(131)114-63-71-31-7-15-39-79(71)103(138)122-55-23-47-87(122)95(130)113-62-70-30-6-14-38-78(70)102(137)121-54-22-46-86(121)94(129)112-61-69-29-5-13-37-77(69)101(136)120-53-21-45-85(120)93(128)111-4/h5-20,29-44,85-92H,21-28,45-68H2,1-4H3,(H,111,128)(H,112,129)(H,113,130)(H,114,131)(H,115,132)(H,116,133)(H,117,134)(H,118,135)(H,119,144)/t85-,86-,87-,88-,89-,90-,91-,92-/m0/s1. The number of amides is 17. The highest BCUT2D eigenvalue weighted by Crippen LogP contribution is 2.34. The first-order valence-corrected chi connectivity index (χ1v) is 50.4. The number of hydrogen-bond acceptors (Lipinski definition) is 18. The molecule has 16 rings (SSSR count). The molecule has 0 bridgehead atoms. The number of nitrogens with zero attached hydrogens (tertiary/aromatic N) is 8. The lowest BCUT2D eigenvalue weighted by molar-refractivity contribution is -0.125. The first kappa shape index (κ1) is 102. The monoisotopic (exact) mass is 1970 g/mol. The number of likely N-dealkylation sites (tertiary alicyclic amines) is 8. The number of alkyl carbamates (subject to hydrolysis) is 1. The lowest BCUT2D eigenvalue weighted by Crippen LogP contribution is -2.47. The van der Waals surface area contributed by atoms with Crippen LogP contribution in [0.3, 0.4) is 0 Å². The summed E-state index contributed by atoms with van der Waals surface area (Å²) in [4.78, 5) is 253. The van der Waals surface area contributed by atoms with Gasteiger partial charge < -0.3 is 91.8 Å². The van der Waals surface area contributed by atoms with E-state index in [2.05, 4.69) is 47.9 Å². The first-order valence-electron chi connectivity index (χ1n) is 50.4. The Morgan fingerprint density at radius 1 is 0.221 bits per heavy atom. The Labute approximate surface area is 841 Å². The fourth-order valence-electron chi connectivity index (χ4n) is 21.3. The molecule has 0 saturated carbocycles. The van der Waals surface area contributed by atoms with Crippen molar-refractivity contribution in [2.75, 3.05) is 59.4 Å². The molecule has 17 amide bonds. The van der Waals surface area contributed by atoms with Crippen molar-refractivity contribution < 1.29 is 86.2 Å². The number of rotatable bonds is 32. The van der Waals surface area contributed by atoms with Crippen molar-refractivity contribution >= 4 is 101 Å². The summed E-state index contributed by atoms with van der Waals surface area (Å²) in [6, 6.07) is 48.1. The largest absolute Gasteiger partial charge is 0.444 e. The Balaban J connectivity index is 0.480. The van der Waals surface area contributed by atoms with Crippen LogP contribution >= 0.6 is 0 Å². The highest BCUT2D eigenvalue weighted by molar-refractivity contribution is 6.06. The number of benzene rings is 8. The molecule has 0 spiro atoms. The number of carbonyl (C=O) groups excluding carboxylic acids is 17. The Bertz CT molecular complexity index is 6170. The molecule has 0 aliphatic carbocycles. The maximum atomic E-state index is 14.8. The van der Waals surface area contributed by atoms with E-state index in [1.165, 1.54) is 41.3 Å². The molecule has 8 aromatic rings. The van der Waals surface area contributed by atoms with Gasteiger partial charge in [-0.25, -0.2) is 4.79 Å². The topological polar surface area (TPSA) is 434 Å². The lowest BCUT2D eigenvalue weighted by Gasteiger charge is -2.27. The van der Waals surface area contributed by atoms with Gasteiger partial charge in [-0.2, -0.15) is 0 Å². The van der Waals surface area contributed by atoms with Crippen LogP contribution in [-0.4, -0.2) is 253 Å². The van der Waals surface area contributed by atoms with E-state index in [9.17, 15) is 81.5 Å². The van der Waals surface area contributed by atoms with Gasteiger partial charge in [0.15, 0.2) is 0 Å². The number of hydrogen-bond donors (Lipinski definition) is 9. The van der Waals surface area contributed by atoms with E-state index in [1.54, 1.807) is 220 Å². The van der Waals surface area contributed by atoms with Crippen molar-refractivity contribution in [3.63, 3.8) is 0 Å². The number of likely N-dealkylation sites (N-methyl/N-ethyl adjacent to an activating group) is 1. The van der Waals surface area contributed by atoms with Gasteiger partial charge in [0, 0.05) is 156 Å². The van der Waals surface area contributed by atoms with E-state index in [1.807, 2.05) is 0 Å². The molecule has 35 heteroatoms. The predicted molar refractivity (Wildman–Crippen MR) is 534 cm³/mol. The summed E-state index contributed by atoms with van der Waals surface area (Å²) < 4.78 is 5.39. The third-order valence-corrected chi connectivity index (χ3v) is 28.8. The normalized spacial score (nSPS) is 19.6. The van der Waals surface area contributed by atoms with Crippen LogP contribution in [0.15, 0.2) is 194 Å². The zero-order valence-corrected chi connectivity index (χ0v) is 82.1. The van der Waals surface area contributed by atoms with Crippen LogP contribution in [0, 0.1) is 0 Å². The molecule has 9 N–H and O–H groups in total. The Morgan fingerprint density at radius 3 is 0.503 bits per heavy atom. The summed E-state index contributed by atoms with van der Waals surface area (Å²) in [5, 5.41) is 26.2. The van der Waals surface area contributed by atoms with Gasteiger partial charge in [0.25, 0.3) is 47.3 Å². The van der Waals surface area contributed by atoms with Crippen molar-refractivity contribution in [1.29, 1.82) is 0 Å². The van der Waals surface area contributed by atoms with Gasteiger partial charge in [0.05, 0.1) is 0 Å². The van der Waals surface area contributed by atoms with Gasteiger partial charge in [-0.15, -0.1) is 0 Å². The fraction of sp³-hybridized carbons (Fsp3) is 0.409. The van der Waals surface area contributed by atoms with Crippen molar-refractivity contribution in [2.24, 2.45) is 0 Å². The minimum absolute atomic E-state index is 0.0144. The summed E-state index contributed by atoms with van der Waals surface area (Å²) >= 11 is 0. The molecule has 8 aliphatic rings. The second-order valence-corrected chi connectivity index (χ2v) is 39.0. The number of carbonyl (C=O) groups is 17. The maximum Gasteiger partial charge on any atom is 0.407 e. The zero-order chi connectivity index (χ0) is 102. The number of ether oxygens (including phenoxy) is 1. The highest BCUT2D eigenvalue weighted by atomic mass is 16.6. The summed E-state index contributed by atoms with van der Waals surface area (Å²) in [6.07, 6.45) is 6.97. The minimum atomic E-state index is -0.892. The molecule has 8 aliphatic heterocycles. The molecule has 0 aromatic heterocycles. The van der Waals surface area contributed by atoms with Gasteiger partial charge in [0.2, 0.25) is 47.3 Å². The first-order chi connectivity index (χ1) is 70.1. The Morgan fingerprint density at radius 2 is 0.359 bits per heavy atom. The third kappa shape index (κ3) is 23.6. The molecule has 758 valence electrons. The summed E-state index contributed by atoms with van der Waals surface area (Å²) in [7, 11) is 1.54. The molecular formula is C110H125N17O18. The van der Waals surface area contributed by atoms with Gasteiger partial charge in [-0.05, 0) is 217 Å². The Hall–Kier alpha value is -15.5. The van der Waals surface area contributed by atoms with Gasteiger partial charge in [0.1, 0.15) is 53.9 Å². The van der Waals surface area contributed by atoms with Crippen LogP contribution in [-0.2, 0) is 95.5 Å². The molecule has 35 nitrogen and oxygen atoms in total. The van der Waals surface area contributed by atoms with Gasteiger partial charge in [-0.3, -0.25) is 76.7 Å². The van der Waals surface area contributed by atoms with Crippen molar-refractivity contribution in [3.05, 3.63) is 283 Å². The van der Waals surface area contributed by atoms with Crippen LogP contribution < -0.4 is 47.9 Å². The van der Waals surface area contributed by atoms with Gasteiger partial charge >= 0.3 is 6.09 Å². The molecule has 145 heavy (non-hydrogen) atoms. The van der Waals surface area contributed by atoms with Crippen LogP contribution in [0.4, 0.5) is 4.79 Å². The molecule has 8 atom stereocenters. The van der Waals surface area contributed by atoms with Crippen molar-refractivity contribution in [1.82, 2.24) is 87.1 Å². The van der Waals surface area contributed by atoms with E-state index >= 15 is 0 Å². The molecule has 0 unspecified atom stereocenters. The SMILES string of the molecule is CNC(=O)[C@@H]1CCCN1C(=O)c1ccccc1CNC(=O)[C@@H]1CCCN1C(=O)c1ccccc1CNC(=O)[C@@H]1CCCN1C(=O)c1ccccc1CNC(=O)[C@@H]1CCCN1C(=O)c1ccccc1CNC(=O)[C@@H]1CCCN1C(=O)c1ccccc1CNC(=O)[C@@H]1CCCN1C(=O)c1ccccc1CNC(=O)[C@@H]1CCCN1C(=O)c1ccccc1CNC(=O)[C@@H]1CCCN1C(=O)c1ccccc1CNC(=O)OC(C)(C)C. The molecule has 8 saturated heterocycles. The smallest absolute Gasteiger partial charge is 0.407 e. The van der Waals surface area contributed by atoms with Crippen LogP contribution in [0.1, 0.15) is 251 Å². The minimum Gasteiger partial charge on any atom is -0.444 e. The van der Waals surface area contributed by atoms with E-state index in [0.717, 1.165) is 0 Å². The van der Waals surface area contributed by atoms with Crippen molar-refractivity contribution in [2.45, 2.75) is 230 Å². The van der Waals surface area contributed by atoms with Crippen LogP contribution in [0.25, 0.3) is 0 Å². The van der Waals surface area contributed by atoms with E-state index < -0.39 is 131 Å². The van der Waals surface area contributed by atoms with Crippen LogP contribution in [0.5, 0.6) is 0 Å².